The van der Waals surface area contributed by atoms with Gasteiger partial charge in [0.2, 0.25) is 0 Å². The summed E-state index contributed by atoms with van der Waals surface area (Å²) < 4.78 is 0. The summed E-state index contributed by atoms with van der Waals surface area (Å²) in [5.41, 5.74) is 0.354. The summed E-state index contributed by atoms with van der Waals surface area (Å²) in [6.45, 7) is 4.69. The van der Waals surface area contributed by atoms with Gasteiger partial charge < -0.3 is 15.5 Å². The molecule has 0 aromatic heterocycles. The highest BCUT2D eigenvalue weighted by Crippen LogP contribution is 2.20. The molecule has 0 atom stereocenters. The van der Waals surface area contributed by atoms with Crippen LogP contribution in [0.2, 0.25) is 0 Å². The first-order valence-electron chi connectivity index (χ1n) is 6.13. The lowest BCUT2D eigenvalue weighted by molar-refractivity contribution is 0.0948. The largest absolute Gasteiger partial charge is 0.508 e. The lowest BCUT2D eigenvalue weighted by Gasteiger charge is -2.21. The van der Waals surface area contributed by atoms with Crippen molar-refractivity contribution in [3.05, 3.63) is 29.8 Å². The van der Waals surface area contributed by atoms with Crippen molar-refractivity contribution in [2.45, 2.75) is 26.7 Å². The van der Waals surface area contributed by atoms with Crippen LogP contribution < -0.4 is 5.32 Å². The molecule has 1 rings (SSSR count). The maximum absolute atomic E-state index is 11.7. The van der Waals surface area contributed by atoms with Crippen LogP contribution in [0.1, 0.15) is 37.0 Å². The van der Waals surface area contributed by atoms with Crippen LogP contribution in [0.5, 0.6) is 5.75 Å². The Morgan fingerprint density at radius 1 is 1.39 bits per heavy atom. The van der Waals surface area contributed by atoms with Gasteiger partial charge in [0, 0.05) is 18.7 Å². The van der Waals surface area contributed by atoms with Crippen molar-refractivity contribution in [1.82, 2.24) is 5.32 Å². The van der Waals surface area contributed by atoms with E-state index in [0.717, 1.165) is 12.8 Å². The van der Waals surface area contributed by atoms with Gasteiger partial charge in [-0.1, -0.05) is 19.9 Å². The third-order valence-corrected chi connectivity index (χ3v) is 2.85. The molecule has 100 valence electrons. The second-order valence-electron chi connectivity index (χ2n) is 5.23. The molecule has 1 aromatic carbocycles. The molecule has 4 heteroatoms. The second kappa shape index (κ2) is 6.40. The minimum atomic E-state index is -0.187. The monoisotopic (exact) mass is 251 g/mol. The molecule has 0 aliphatic rings. The van der Waals surface area contributed by atoms with E-state index >= 15 is 0 Å². The molecule has 0 aliphatic heterocycles. The molecule has 0 aliphatic carbocycles. The highest BCUT2D eigenvalue weighted by molar-refractivity contribution is 5.94. The van der Waals surface area contributed by atoms with Crippen molar-refractivity contribution in [3.8, 4) is 5.75 Å². The highest BCUT2D eigenvalue weighted by atomic mass is 16.3. The number of aromatic hydroxyl groups is 1. The van der Waals surface area contributed by atoms with Crippen LogP contribution in [0.25, 0.3) is 0 Å². The minimum Gasteiger partial charge on any atom is -0.508 e. The number of carbonyl (C=O) groups is 1. The summed E-state index contributed by atoms with van der Waals surface area (Å²) in [6.07, 6.45) is 1.67. The van der Waals surface area contributed by atoms with Gasteiger partial charge in [-0.25, -0.2) is 0 Å². The first kappa shape index (κ1) is 14.5. The number of nitrogens with one attached hydrogen (secondary N) is 1. The van der Waals surface area contributed by atoms with E-state index in [1.54, 1.807) is 12.1 Å². The number of benzene rings is 1. The number of aliphatic hydroxyl groups excluding tert-OH is 1. The lowest BCUT2D eigenvalue weighted by Crippen LogP contribution is -2.26. The Kier molecular flexibility index (Phi) is 5.16. The maximum atomic E-state index is 11.7. The number of aliphatic hydroxyl groups is 1. The van der Waals surface area contributed by atoms with Crippen LogP contribution in [0, 0.1) is 5.41 Å². The number of phenols is 1. The molecule has 0 bridgehead atoms. The fraction of sp³-hybridized carbons (Fsp3) is 0.500. The smallest absolute Gasteiger partial charge is 0.251 e. The number of amides is 1. The van der Waals surface area contributed by atoms with Gasteiger partial charge in [-0.2, -0.15) is 0 Å². The summed E-state index contributed by atoms with van der Waals surface area (Å²) in [5, 5.41) is 21.2. The number of rotatable bonds is 6. The van der Waals surface area contributed by atoms with E-state index in [1.807, 2.05) is 13.8 Å². The van der Waals surface area contributed by atoms with Gasteiger partial charge in [0.05, 0.1) is 0 Å². The molecule has 18 heavy (non-hydrogen) atoms. The van der Waals surface area contributed by atoms with Gasteiger partial charge in [-0.3, -0.25) is 4.79 Å². The van der Waals surface area contributed by atoms with Gasteiger partial charge in [0.1, 0.15) is 5.75 Å². The molecule has 0 saturated carbocycles. The van der Waals surface area contributed by atoms with Crippen molar-refractivity contribution in [2.24, 2.45) is 5.41 Å². The topological polar surface area (TPSA) is 69.6 Å². The lowest BCUT2D eigenvalue weighted by atomic mass is 9.89. The number of phenolic OH excluding ortho intramolecular Hbond substituents is 1. The molecule has 1 amide bonds. The van der Waals surface area contributed by atoms with Crippen molar-refractivity contribution >= 4 is 5.91 Å². The predicted molar refractivity (Wildman–Crippen MR) is 70.5 cm³/mol. The van der Waals surface area contributed by atoms with Gasteiger partial charge in [-0.15, -0.1) is 0 Å². The molecule has 0 radical (unpaired) electrons. The molecule has 0 spiro atoms. The fourth-order valence-electron chi connectivity index (χ4n) is 1.60. The Morgan fingerprint density at radius 2 is 2.11 bits per heavy atom. The van der Waals surface area contributed by atoms with Gasteiger partial charge in [-0.05, 0) is 36.5 Å². The molecule has 0 heterocycles. The Balaban J connectivity index is 2.34. The molecule has 0 fully saturated rings. The van der Waals surface area contributed by atoms with Crippen LogP contribution >= 0.6 is 0 Å². The molecule has 1 aromatic rings. The molecule has 3 N–H and O–H groups in total. The SMILES string of the molecule is CC(C)(CO)CCCNC(=O)c1cccc(O)c1. The average molecular weight is 251 g/mol. The van der Waals surface area contributed by atoms with E-state index in [-0.39, 0.29) is 23.7 Å². The van der Waals surface area contributed by atoms with Crippen LogP contribution in [0.4, 0.5) is 0 Å². The number of carbonyl (C=O) groups excluding carboxylic acids is 1. The number of hydrogen-bond donors (Lipinski definition) is 3. The zero-order valence-corrected chi connectivity index (χ0v) is 10.9. The van der Waals surface area contributed by atoms with E-state index in [0.29, 0.717) is 12.1 Å². The van der Waals surface area contributed by atoms with Gasteiger partial charge in [0.15, 0.2) is 0 Å². The van der Waals surface area contributed by atoms with E-state index in [9.17, 15) is 9.90 Å². The molecular weight excluding hydrogens is 230 g/mol. The molecule has 0 unspecified atom stereocenters. The summed E-state index contributed by atoms with van der Waals surface area (Å²) in [5.74, 6) is -0.100. The zero-order chi connectivity index (χ0) is 13.6. The van der Waals surface area contributed by atoms with Crippen molar-refractivity contribution in [1.29, 1.82) is 0 Å². The summed E-state index contributed by atoms with van der Waals surface area (Å²) in [4.78, 5) is 11.7. The van der Waals surface area contributed by atoms with Crippen LogP contribution in [-0.4, -0.2) is 29.3 Å². The standard InChI is InChI=1S/C14H21NO3/c1-14(2,10-16)7-4-8-15-13(18)11-5-3-6-12(17)9-11/h3,5-6,9,16-17H,4,7-8,10H2,1-2H3,(H,15,18). The summed E-state index contributed by atoms with van der Waals surface area (Å²) >= 11 is 0. The Bertz CT molecular complexity index is 402. The van der Waals surface area contributed by atoms with E-state index in [4.69, 9.17) is 5.11 Å². The Hall–Kier alpha value is -1.55. The Morgan fingerprint density at radius 3 is 2.72 bits per heavy atom. The summed E-state index contributed by atoms with van der Waals surface area (Å²) in [7, 11) is 0. The summed E-state index contributed by atoms with van der Waals surface area (Å²) in [6, 6.07) is 6.26. The molecule has 0 saturated heterocycles. The zero-order valence-electron chi connectivity index (χ0n) is 10.9. The average Bonchev–Trinajstić information content (AvgIpc) is 2.34. The van der Waals surface area contributed by atoms with E-state index in [1.165, 1.54) is 12.1 Å². The first-order valence-corrected chi connectivity index (χ1v) is 6.13. The third-order valence-electron chi connectivity index (χ3n) is 2.85. The molecule has 4 nitrogen and oxygen atoms in total. The van der Waals surface area contributed by atoms with Crippen molar-refractivity contribution in [3.63, 3.8) is 0 Å². The minimum absolute atomic E-state index is 0.0871. The van der Waals surface area contributed by atoms with Crippen LogP contribution in [0.15, 0.2) is 24.3 Å². The quantitative estimate of drug-likeness (QED) is 0.676. The fourth-order valence-corrected chi connectivity index (χ4v) is 1.60. The van der Waals surface area contributed by atoms with E-state index in [2.05, 4.69) is 5.32 Å². The molecular formula is C14H21NO3. The second-order valence-corrected chi connectivity index (χ2v) is 5.23. The predicted octanol–water partition coefficient (Wildman–Crippen LogP) is 1.92. The van der Waals surface area contributed by atoms with E-state index < -0.39 is 0 Å². The van der Waals surface area contributed by atoms with Crippen LogP contribution in [-0.2, 0) is 0 Å². The normalized spacial score (nSPS) is 11.3. The third kappa shape index (κ3) is 4.75. The van der Waals surface area contributed by atoms with Crippen LogP contribution in [0.3, 0.4) is 0 Å². The Labute approximate surface area is 108 Å². The van der Waals surface area contributed by atoms with Crippen molar-refractivity contribution in [2.75, 3.05) is 13.2 Å². The van der Waals surface area contributed by atoms with Crippen molar-refractivity contribution < 1.29 is 15.0 Å². The maximum Gasteiger partial charge on any atom is 0.251 e. The highest BCUT2D eigenvalue weighted by Gasteiger charge is 2.15. The van der Waals surface area contributed by atoms with Gasteiger partial charge >= 0.3 is 0 Å². The number of hydrogen-bond acceptors (Lipinski definition) is 3. The van der Waals surface area contributed by atoms with Gasteiger partial charge in [0.25, 0.3) is 5.91 Å². The first-order chi connectivity index (χ1) is 8.44.